The van der Waals surface area contributed by atoms with E-state index in [4.69, 9.17) is 11.6 Å². The molecular formula is C44H49ClSi. The van der Waals surface area contributed by atoms with Crippen LogP contribution in [0.1, 0.15) is 108 Å². The van der Waals surface area contributed by atoms with Gasteiger partial charge >= 0.3 is 0 Å². The van der Waals surface area contributed by atoms with E-state index < -0.39 is 8.07 Å². The zero-order valence-electron chi connectivity index (χ0n) is 29.6. The third-order valence-electron chi connectivity index (χ3n) is 11.1. The van der Waals surface area contributed by atoms with E-state index >= 15 is 0 Å². The summed E-state index contributed by atoms with van der Waals surface area (Å²) < 4.78 is 0. The lowest BCUT2D eigenvalue weighted by atomic mass is 9.73. The molecule has 1 aliphatic heterocycles. The van der Waals surface area contributed by atoms with Gasteiger partial charge in [0, 0.05) is 16.9 Å². The van der Waals surface area contributed by atoms with Gasteiger partial charge in [0.25, 0.3) is 0 Å². The molecule has 0 nitrogen and oxygen atoms in total. The van der Waals surface area contributed by atoms with Crippen LogP contribution in [0.5, 0.6) is 0 Å². The van der Waals surface area contributed by atoms with Crippen molar-refractivity contribution < 1.29 is 0 Å². The average Bonchev–Trinajstić information content (AvgIpc) is 3.24. The number of fused-ring (bicyclic) bond motifs is 3. The molecule has 0 saturated carbocycles. The smallest absolute Gasteiger partial charge is 0.0840 e. The third-order valence-corrected chi connectivity index (χ3v) is 14.7. The molecule has 0 bridgehead atoms. The minimum atomic E-state index is -1.58. The van der Waals surface area contributed by atoms with Crippen LogP contribution in [0.3, 0.4) is 0 Å². The number of allylic oxidation sites excluding steroid dienone is 2. The van der Waals surface area contributed by atoms with E-state index in [0.717, 1.165) is 5.02 Å². The summed E-state index contributed by atoms with van der Waals surface area (Å²) >= 11 is 7.26. The van der Waals surface area contributed by atoms with Gasteiger partial charge in [-0.3, -0.25) is 0 Å². The van der Waals surface area contributed by atoms with E-state index in [-0.39, 0.29) is 22.7 Å². The van der Waals surface area contributed by atoms with Crippen LogP contribution in [0.15, 0.2) is 77.9 Å². The first kappa shape index (κ1) is 31.5. The molecule has 2 atom stereocenters. The maximum absolute atomic E-state index is 7.26. The Morgan fingerprint density at radius 3 is 1.80 bits per heavy atom. The second-order valence-electron chi connectivity index (χ2n) is 17.0. The Morgan fingerprint density at radius 2 is 1.26 bits per heavy atom. The van der Waals surface area contributed by atoms with E-state index in [1.165, 1.54) is 66.8 Å². The summed E-state index contributed by atoms with van der Waals surface area (Å²) in [6.07, 6.45) is 5.00. The van der Waals surface area contributed by atoms with Crippen molar-refractivity contribution in [2.45, 2.75) is 98.1 Å². The molecule has 4 aromatic rings. The molecule has 0 saturated heterocycles. The Hall–Kier alpha value is -3.13. The number of rotatable bonds is 4. The van der Waals surface area contributed by atoms with Crippen molar-refractivity contribution in [3.63, 3.8) is 0 Å². The van der Waals surface area contributed by atoms with Crippen molar-refractivity contribution in [3.8, 4) is 22.3 Å². The van der Waals surface area contributed by atoms with Gasteiger partial charge in [-0.05, 0) is 90.6 Å². The highest BCUT2D eigenvalue weighted by atomic mass is 35.5. The number of hydrogen-bond donors (Lipinski definition) is 0. The van der Waals surface area contributed by atoms with Crippen molar-refractivity contribution >= 4 is 42.2 Å². The van der Waals surface area contributed by atoms with Crippen LogP contribution in [0.2, 0.25) is 18.1 Å². The van der Waals surface area contributed by atoms with Crippen molar-refractivity contribution in [3.05, 3.63) is 116 Å². The molecule has 0 N–H and O–H groups in total. The van der Waals surface area contributed by atoms with E-state index in [1.54, 1.807) is 10.4 Å². The lowest BCUT2D eigenvalue weighted by molar-refractivity contribution is 0.590. The Bertz CT molecular complexity index is 1950. The van der Waals surface area contributed by atoms with Gasteiger partial charge in [-0.2, -0.15) is 0 Å². The molecule has 236 valence electrons. The van der Waals surface area contributed by atoms with Gasteiger partial charge in [0.1, 0.15) is 8.07 Å². The molecule has 7 rings (SSSR count). The quantitative estimate of drug-likeness (QED) is 0.195. The van der Waals surface area contributed by atoms with Crippen molar-refractivity contribution in [2.24, 2.45) is 5.92 Å². The third kappa shape index (κ3) is 4.84. The van der Waals surface area contributed by atoms with Crippen molar-refractivity contribution in [2.75, 3.05) is 0 Å². The molecule has 3 aliphatic rings. The average molecular weight is 641 g/mol. The second kappa shape index (κ2) is 10.4. The van der Waals surface area contributed by atoms with Crippen LogP contribution in [0, 0.1) is 5.92 Å². The van der Waals surface area contributed by atoms with Crippen LogP contribution < -0.4 is 10.4 Å². The maximum atomic E-state index is 7.26. The molecule has 2 aliphatic carbocycles. The van der Waals surface area contributed by atoms with Crippen LogP contribution in [-0.4, -0.2) is 8.07 Å². The van der Waals surface area contributed by atoms with Gasteiger partial charge in [0.2, 0.25) is 0 Å². The summed E-state index contributed by atoms with van der Waals surface area (Å²) in [6.45, 7) is 25.9. The fourth-order valence-electron chi connectivity index (χ4n) is 8.38. The van der Waals surface area contributed by atoms with E-state index in [2.05, 4.69) is 154 Å². The van der Waals surface area contributed by atoms with Crippen LogP contribution in [0.25, 0.3) is 34.4 Å². The predicted octanol–water partition coefficient (Wildman–Crippen LogP) is 11.7. The van der Waals surface area contributed by atoms with E-state index in [1.807, 2.05) is 0 Å². The molecule has 2 unspecified atom stereocenters. The predicted molar refractivity (Wildman–Crippen MR) is 205 cm³/mol. The van der Waals surface area contributed by atoms with Gasteiger partial charge in [-0.15, -0.1) is 0 Å². The molecule has 0 aromatic heterocycles. The molecule has 0 amide bonds. The summed E-state index contributed by atoms with van der Waals surface area (Å²) in [7, 11) is -1.58. The summed E-state index contributed by atoms with van der Waals surface area (Å²) in [4.78, 5) is 0. The molecular weight excluding hydrogens is 592 g/mol. The van der Waals surface area contributed by atoms with Gasteiger partial charge in [0.15, 0.2) is 0 Å². The normalized spacial score (nSPS) is 19.5. The monoisotopic (exact) mass is 640 g/mol. The van der Waals surface area contributed by atoms with E-state index in [9.17, 15) is 0 Å². The lowest BCUT2D eigenvalue weighted by Crippen LogP contribution is -2.20. The molecule has 0 spiro atoms. The van der Waals surface area contributed by atoms with Gasteiger partial charge in [-0.25, -0.2) is 0 Å². The van der Waals surface area contributed by atoms with Gasteiger partial charge in [0.05, 0.1) is 0 Å². The number of benzene rings is 4. The first-order valence-corrected chi connectivity index (χ1v) is 20.5. The summed E-state index contributed by atoms with van der Waals surface area (Å²) in [6, 6.07) is 25.7. The van der Waals surface area contributed by atoms with Crippen LogP contribution >= 0.6 is 11.6 Å². The standard InChI is InChI=1S/C44H49ClSi/c1-25(2)33-23-29-24-36-42(46(36,10)11)39(28-14-18-31(19-15-28)44(7,8)9)38(29)41(33)37-26(3)22-34-32(20-21-35(45)40(34)37)27-12-16-30(17-13-27)43(4,5)6/h12-25,37,41H,1-11H3. The zero-order valence-corrected chi connectivity index (χ0v) is 31.4. The van der Waals surface area contributed by atoms with Crippen molar-refractivity contribution in [1.82, 2.24) is 0 Å². The van der Waals surface area contributed by atoms with E-state index in [0.29, 0.717) is 5.92 Å². The molecule has 1 heterocycles. The topological polar surface area (TPSA) is 0 Å². The Labute approximate surface area is 283 Å². The second-order valence-corrected chi connectivity index (χ2v) is 21.7. The Balaban J connectivity index is 1.42. The van der Waals surface area contributed by atoms with Gasteiger partial charge in [-0.1, -0.05) is 169 Å². The molecule has 2 heteroatoms. The molecule has 4 aromatic carbocycles. The first-order valence-electron chi connectivity index (χ1n) is 17.2. The minimum absolute atomic E-state index is 0.127. The summed E-state index contributed by atoms with van der Waals surface area (Å²) in [5.74, 6) is 0.908. The van der Waals surface area contributed by atoms with Crippen LogP contribution in [-0.2, 0) is 10.8 Å². The largest absolute Gasteiger partial charge is 0.112 e. The molecule has 46 heavy (non-hydrogen) atoms. The highest BCUT2D eigenvalue weighted by Crippen LogP contribution is 2.58. The molecule has 0 radical (unpaired) electrons. The number of hydrogen-bond acceptors (Lipinski definition) is 0. The summed E-state index contributed by atoms with van der Waals surface area (Å²) in [5.41, 5.74) is 17.0. The summed E-state index contributed by atoms with van der Waals surface area (Å²) in [5, 5.41) is 4.19. The maximum Gasteiger partial charge on any atom is 0.112 e. The fourth-order valence-corrected chi connectivity index (χ4v) is 12.0. The molecule has 0 fully saturated rings. The highest BCUT2D eigenvalue weighted by Gasteiger charge is 2.51. The lowest BCUT2D eigenvalue weighted by Gasteiger charge is -2.31. The van der Waals surface area contributed by atoms with Gasteiger partial charge < -0.3 is 0 Å². The Morgan fingerprint density at radius 1 is 0.696 bits per heavy atom. The minimum Gasteiger partial charge on any atom is -0.0840 e. The SMILES string of the molecule is CC1=Cc2c(-c3ccc(C(C)(C)C)cc3)ccc(Cl)c2C1C1C(C(C)C)=Cc2cc3c(c(-c4ccc(C(C)(C)C)cc4)c21)[Si]3(C)C. The Kier molecular flexibility index (Phi) is 7.14. The van der Waals surface area contributed by atoms with Crippen LogP contribution in [0.4, 0.5) is 0 Å². The van der Waals surface area contributed by atoms with Crippen molar-refractivity contribution in [1.29, 1.82) is 0 Å². The fraction of sp³-hybridized carbons (Fsp3) is 0.364. The number of halogens is 1. The highest BCUT2D eigenvalue weighted by molar-refractivity contribution is 7.16. The first-order chi connectivity index (χ1) is 21.5. The zero-order chi connectivity index (χ0) is 33.1.